The Hall–Kier alpha value is -2.60. The van der Waals surface area contributed by atoms with E-state index >= 15 is 0 Å². The lowest BCUT2D eigenvalue weighted by molar-refractivity contribution is -0.122. The number of nitrogens with one attached hydrogen (secondary N) is 1. The number of carbonyl (C=O) groups excluding carboxylic acids is 1. The van der Waals surface area contributed by atoms with Crippen LogP contribution < -0.4 is 10.1 Å². The fourth-order valence-corrected chi connectivity index (χ4v) is 3.42. The van der Waals surface area contributed by atoms with Crippen LogP contribution >= 0.6 is 12.2 Å². The van der Waals surface area contributed by atoms with E-state index in [1.807, 2.05) is 38.1 Å². The van der Waals surface area contributed by atoms with Gasteiger partial charge in [0, 0.05) is 12.1 Å². The third-order valence-electron chi connectivity index (χ3n) is 4.37. The molecule has 1 aromatic carbocycles. The molecule has 1 aliphatic carbocycles. The van der Waals surface area contributed by atoms with Gasteiger partial charge in [0.25, 0.3) is 5.91 Å². The van der Waals surface area contributed by atoms with Crippen LogP contribution in [0.3, 0.4) is 0 Å². The van der Waals surface area contributed by atoms with Crippen molar-refractivity contribution < 1.29 is 13.9 Å². The first kappa shape index (κ1) is 16.8. The number of amides is 1. The number of rotatable bonds is 5. The third-order valence-corrected chi connectivity index (χ3v) is 4.67. The van der Waals surface area contributed by atoms with Crippen LogP contribution in [0.4, 0.5) is 0 Å². The first-order chi connectivity index (χ1) is 12.5. The lowest BCUT2D eigenvalue weighted by Crippen LogP contribution is -2.32. The lowest BCUT2D eigenvalue weighted by atomic mass is 10.1. The molecule has 134 valence electrons. The summed E-state index contributed by atoms with van der Waals surface area (Å²) in [6.45, 7) is 4.41. The van der Waals surface area contributed by atoms with Crippen LogP contribution in [0, 0.1) is 13.8 Å². The summed E-state index contributed by atoms with van der Waals surface area (Å²) in [5.74, 6) is 2.03. The molecule has 1 N–H and O–H groups in total. The van der Waals surface area contributed by atoms with Crippen LogP contribution in [0.2, 0.25) is 0 Å². The molecule has 2 aliphatic rings. The van der Waals surface area contributed by atoms with E-state index in [2.05, 4.69) is 11.4 Å². The summed E-state index contributed by atoms with van der Waals surface area (Å²) in [6, 6.07) is 10.0. The number of benzene rings is 1. The Morgan fingerprint density at radius 1 is 1.27 bits per heavy atom. The second-order valence-electron chi connectivity index (χ2n) is 6.81. The van der Waals surface area contributed by atoms with Crippen molar-refractivity contribution in [3.8, 4) is 5.75 Å². The van der Waals surface area contributed by atoms with Gasteiger partial charge in [0.1, 0.15) is 29.6 Å². The molecule has 0 atom stereocenters. The predicted octanol–water partition coefficient (Wildman–Crippen LogP) is 3.70. The molecule has 1 saturated carbocycles. The molecule has 0 spiro atoms. The van der Waals surface area contributed by atoms with Crippen LogP contribution in [0.1, 0.15) is 35.5 Å². The number of hydrogen-bond acceptors (Lipinski definition) is 4. The van der Waals surface area contributed by atoms with Gasteiger partial charge in [-0.15, -0.1) is 0 Å². The Morgan fingerprint density at radius 3 is 2.69 bits per heavy atom. The van der Waals surface area contributed by atoms with Crippen LogP contribution in [-0.2, 0) is 11.4 Å². The van der Waals surface area contributed by atoms with E-state index < -0.39 is 0 Å². The fourth-order valence-electron chi connectivity index (χ4n) is 3.08. The minimum absolute atomic E-state index is 0.0815. The van der Waals surface area contributed by atoms with Crippen molar-refractivity contribution in [3.63, 3.8) is 0 Å². The van der Waals surface area contributed by atoms with Crippen molar-refractivity contribution in [1.29, 1.82) is 0 Å². The topological polar surface area (TPSA) is 54.7 Å². The second-order valence-corrected chi connectivity index (χ2v) is 7.20. The molecule has 0 unspecified atom stereocenters. The zero-order valence-electron chi connectivity index (χ0n) is 14.7. The van der Waals surface area contributed by atoms with Gasteiger partial charge in [-0.05, 0) is 74.3 Å². The summed E-state index contributed by atoms with van der Waals surface area (Å²) < 4.78 is 11.6. The molecular formula is C20H20N2O3S. The standard InChI is InChI=1S/C20H20N2O3S/c1-12-7-13(2)9-17(8-12)24-11-16-6-5-15(25-16)10-18-19(23)22(14-3-4-14)20(26)21-18/h5-10,14H,3-4,11H2,1-2H3,(H,21,26)/b18-10+. The highest BCUT2D eigenvalue weighted by Crippen LogP contribution is 2.31. The number of carbonyl (C=O) groups is 1. The Labute approximate surface area is 157 Å². The van der Waals surface area contributed by atoms with Gasteiger partial charge in [0.15, 0.2) is 5.11 Å². The molecular weight excluding hydrogens is 348 g/mol. The van der Waals surface area contributed by atoms with Gasteiger partial charge < -0.3 is 14.5 Å². The van der Waals surface area contributed by atoms with Crippen LogP contribution in [-0.4, -0.2) is 22.0 Å². The lowest BCUT2D eigenvalue weighted by Gasteiger charge is -2.11. The van der Waals surface area contributed by atoms with E-state index in [4.69, 9.17) is 21.4 Å². The van der Waals surface area contributed by atoms with E-state index in [-0.39, 0.29) is 11.9 Å². The summed E-state index contributed by atoms with van der Waals surface area (Å²) in [6.07, 6.45) is 3.72. The summed E-state index contributed by atoms with van der Waals surface area (Å²) in [5, 5.41) is 3.46. The first-order valence-electron chi connectivity index (χ1n) is 8.65. The Kier molecular flexibility index (Phi) is 4.28. The highest BCUT2D eigenvalue weighted by Gasteiger charge is 2.41. The maximum Gasteiger partial charge on any atom is 0.276 e. The number of hydrogen-bond donors (Lipinski definition) is 1. The number of nitrogens with zero attached hydrogens (tertiary/aromatic N) is 1. The number of thiocarbonyl (C=S) groups is 1. The molecule has 0 bridgehead atoms. The molecule has 1 aliphatic heterocycles. The van der Waals surface area contributed by atoms with E-state index in [1.165, 1.54) is 0 Å². The van der Waals surface area contributed by atoms with Crippen molar-refractivity contribution in [1.82, 2.24) is 10.2 Å². The normalized spacial score (nSPS) is 18.5. The highest BCUT2D eigenvalue weighted by atomic mass is 32.1. The minimum Gasteiger partial charge on any atom is -0.486 e. The van der Waals surface area contributed by atoms with E-state index in [0.717, 1.165) is 29.7 Å². The molecule has 5 nitrogen and oxygen atoms in total. The molecule has 0 radical (unpaired) electrons. The Morgan fingerprint density at radius 2 is 2.00 bits per heavy atom. The summed E-state index contributed by atoms with van der Waals surface area (Å²) in [7, 11) is 0. The molecule has 26 heavy (non-hydrogen) atoms. The molecule has 6 heteroatoms. The zero-order chi connectivity index (χ0) is 18.3. The zero-order valence-corrected chi connectivity index (χ0v) is 15.6. The first-order valence-corrected chi connectivity index (χ1v) is 9.06. The maximum atomic E-state index is 12.4. The van der Waals surface area contributed by atoms with E-state index in [1.54, 1.807) is 11.0 Å². The Balaban J connectivity index is 1.43. The largest absolute Gasteiger partial charge is 0.486 e. The minimum atomic E-state index is -0.0815. The van der Waals surface area contributed by atoms with Crippen molar-refractivity contribution >= 4 is 29.3 Å². The smallest absolute Gasteiger partial charge is 0.276 e. The van der Waals surface area contributed by atoms with Crippen molar-refractivity contribution in [3.05, 3.63) is 58.7 Å². The van der Waals surface area contributed by atoms with Crippen LogP contribution in [0.5, 0.6) is 5.75 Å². The van der Waals surface area contributed by atoms with Crippen molar-refractivity contribution in [2.75, 3.05) is 0 Å². The fraction of sp³-hybridized carbons (Fsp3) is 0.300. The van der Waals surface area contributed by atoms with Crippen LogP contribution in [0.25, 0.3) is 6.08 Å². The third kappa shape index (κ3) is 3.51. The Bertz CT molecular complexity index is 891. The average molecular weight is 368 g/mol. The molecule has 2 heterocycles. The quantitative estimate of drug-likeness (QED) is 0.644. The average Bonchev–Trinajstić information content (AvgIpc) is 3.23. The van der Waals surface area contributed by atoms with Gasteiger partial charge in [-0.2, -0.15) is 0 Å². The molecule has 2 fully saturated rings. The molecule has 1 aromatic heterocycles. The number of furan rings is 1. The monoisotopic (exact) mass is 368 g/mol. The van der Waals surface area contributed by atoms with Gasteiger partial charge in [-0.1, -0.05) is 6.07 Å². The number of ether oxygens (including phenoxy) is 1. The summed E-state index contributed by atoms with van der Waals surface area (Å²) in [4.78, 5) is 14.1. The number of aryl methyl sites for hydroxylation is 2. The van der Waals surface area contributed by atoms with Gasteiger partial charge in [0.05, 0.1) is 0 Å². The van der Waals surface area contributed by atoms with Gasteiger partial charge in [-0.25, -0.2) is 0 Å². The van der Waals surface area contributed by atoms with Gasteiger partial charge in [0.2, 0.25) is 0 Å². The second kappa shape index (κ2) is 6.61. The van der Waals surface area contributed by atoms with Gasteiger partial charge >= 0.3 is 0 Å². The molecule has 4 rings (SSSR count). The highest BCUT2D eigenvalue weighted by molar-refractivity contribution is 7.80. The molecule has 2 aromatic rings. The van der Waals surface area contributed by atoms with Crippen LogP contribution in [0.15, 0.2) is 40.4 Å². The summed E-state index contributed by atoms with van der Waals surface area (Å²) in [5.41, 5.74) is 2.77. The summed E-state index contributed by atoms with van der Waals surface area (Å²) >= 11 is 5.25. The SMILES string of the molecule is Cc1cc(C)cc(OCc2ccc(/C=C3/NC(=S)N(C4CC4)C3=O)o2)c1. The van der Waals surface area contributed by atoms with Crippen molar-refractivity contribution in [2.45, 2.75) is 39.3 Å². The van der Waals surface area contributed by atoms with E-state index in [0.29, 0.717) is 28.9 Å². The van der Waals surface area contributed by atoms with Gasteiger partial charge in [-0.3, -0.25) is 9.69 Å². The van der Waals surface area contributed by atoms with E-state index in [9.17, 15) is 4.79 Å². The van der Waals surface area contributed by atoms with Crippen molar-refractivity contribution in [2.24, 2.45) is 0 Å². The predicted molar refractivity (Wildman–Crippen MR) is 103 cm³/mol. The maximum absolute atomic E-state index is 12.4. The molecule has 1 saturated heterocycles. The molecule has 1 amide bonds.